The fourth-order valence-corrected chi connectivity index (χ4v) is 3.50. The highest BCUT2D eigenvalue weighted by molar-refractivity contribution is 14.0. The van der Waals surface area contributed by atoms with E-state index in [0.717, 1.165) is 37.6 Å². The predicted molar refractivity (Wildman–Crippen MR) is 117 cm³/mol. The van der Waals surface area contributed by atoms with E-state index in [2.05, 4.69) is 15.2 Å². The van der Waals surface area contributed by atoms with Crippen molar-refractivity contribution in [3.8, 4) is 0 Å². The Balaban J connectivity index is 0.00000312. The van der Waals surface area contributed by atoms with Crippen molar-refractivity contribution in [1.29, 1.82) is 0 Å². The molecular formula is C18H30IN3O2S. The Morgan fingerprint density at radius 2 is 1.72 bits per heavy atom. The summed E-state index contributed by atoms with van der Waals surface area (Å²) >= 11 is 0. The summed E-state index contributed by atoms with van der Waals surface area (Å²) in [7, 11) is -3.15. The van der Waals surface area contributed by atoms with Crippen molar-refractivity contribution < 1.29 is 8.42 Å². The van der Waals surface area contributed by atoms with E-state index in [1.165, 1.54) is 6.42 Å². The maximum absolute atomic E-state index is 12.3. The molecular weight excluding hydrogens is 449 g/mol. The van der Waals surface area contributed by atoms with Crippen LogP contribution in [0.15, 0.2) is 35.3 Å². The maximum atomic E-state index is 12.3. The van der Waals surface area contributed by atoms with Gasteiger partial charge in [0.1, 0.15) is 0 Å². The molecule has 1 aliphatic heterocycles. The van der Waals surface area contributed by atoms with Gasteiger partial charge in [0.15, 0.2) is 15.8 Å². The van der Waals surface area contributed by atoms with Gasteiger partial charge in [-0.1, -0.05) is 18.2 Å². The molecule has 0 amide bonds. The molecule has 2 rings (SSSR count). The molecule has 0 radical (unpaired) electrons. The Bertz CT molecular complexity index is 649. The fourth-order valence-electron chi connectivity index (χ4n) is 2.55. The Morgan fingerprint density at radius 1 is 1.12 bits per heavy atom. The smallest absolute Gasteiger partial charge is 0.198 e. The van der Waals surface area contributed by atoms with Gasteiger partial charge in [0.25, 0.3) is 0 Å². The number of nitrogens with zero attached hydrogens (tertiary/aromatic N) is 2. The minimum atomic E-state index is -3.15. The zero-order valence-corrected chi connectivity index (χ0v) is 18.5. The van der Waals surface area contributed by atoms with Gasteiger partial charge in [0, 0.05) is 18.8 Å². The molecule has 0 aliphatic carbocycles. The predicted octanol–water partition coefficient (Wildman–Crippen LogP) is 3.77. The van der Waals surface area contributed by atoms with Gasteiger partial charge < -0.3 is 10.2 Å². The fraction of sp³-hybridized carbons (Fsp3) is 0.611. The van der Waals surface area contributed by atoms with E-state index in [4.69, 9.17) is 0 Å². The van der Waals surface area contributed by atoms with Gasteiger partial charge in [-0.15, -0.1) is 24.0 Å². The lowest BCUT2D eigenvalue weighted by molar-refractivity contribution is 0.340. The highest BCUT2D eigenvalue weighted by Gasteiger charge is 2.28. The van der Waals surface area contributed by atoms with Crippen LogP contribution in [0.2, 0.25) is 0 Å². The van der Waals surface area contributed by atoms with Crippen LogP contribution < -0.4 is 5.32 Å². The van der Waals surface area contributed by atoms with Gasteiger partial charge >= 0.3 is 0 Å². The molecule has 0 saturated carbocycles. The van der Waals surface area contributed by atoms with Crippen molar-refractivity contribution in [2.45, 2.75) is 44.8 Å². The molecule has 1 fully saturated rings. The number of aliphatic imine (C=N–C) groups is 1. The number of sulfone groups is 1. The van der Waals surface area contributed by atoms with Gasteiger partial charge in [-0.3, -0.25) is 4.99 Å². The number of piperidine rings is 1. The number of hydrogen-bond donors (Lipinski definition) is 1. The van der Waals surface area contributed by atoms with Crippen LogP contribution in [-0.4, -0.2) is 49.4 Å². The molecule has 0 unspecified atom stereocenters. The summed E-state index contributed by atoms with van der Waals surface area (Å²) in [6, 6.07) is 9.90. The Morgan fingerprint density at radius 3 is 2.28 bits per heavy atom. The SMILES string of the molecule is CC(C)(C)S(=O)(=O)CCN=C(Nc1ccccc1)N1CCCCC1.I. The lowest BCUT2D eigenvalue weighted by Gasteiger charge is -2.30. The van der Waals surface area contributed by atoms with Gasteiger partial charge in [-0.2, -0.15) is 0 Å². The number of likely N-dealkylation sites (tertiary alicyclic amines) is 1. The molecule has 0 bridgehead atoms. The molecule has 0 aromatic heterocycles. The van der Waals surface area contributed by atoms with Crippen LogP contribution in [-0.2, 0) is 9.84 Å². The van der Waals surface area contributed by atoms with Crippen LogP contribution in [0.5, 0.6) is 0 Å². The number of guanidine groups is 1. The minimum absolute atomic E-state index is 0. The molecule has 142 valence electrons. The van der Waals surface area contributed by atoms with E-state index >= 15 is 0 Å². The molecule has 5 nitrogen and oxygen atoms in total. The van der Waals surface area contributed by atoms with Crippen molar-refractivity contribution in [2.75, 3.05) is 30.7 Å². The summed E-state index contributed by atoms with van der Waals surface area (Å²) in [4.78, 5) is 6.82. The maximum Gasteiger partial charge on any atom is 0.198 e. The van der Waals surface area contributed by atoms with Crippen LogP contribution in [0.3, 0.4) is 0 Å². The summed E-state index contributed by atoms with van der Waals surface area (Å²) in [6.07, 6.45) is 3.54. The average Bonchev–Trinajstić information content (AvgIpc) is 2.54. The van der Waals surface area contributed by atoms with Crippen LogP contribution in [0.25, 0.3) is 0 Å². The second-order valence-electron chi connectivity index (χ2n) is 7.18. The van der Waals surface area contributed by atoms with Crippen molar-refractivity contribution in [1.82, 2.24) is 4.90 Å². The zero-order chi connectivity index (χ0) is 17.6. The molecule has 1 N–H and O–H groups in total. The topological polar surface area (TPSA) is 61.8 Å². The van der Waals surface area contributed by atoms with Crippen molar-refractivity contribution >= 4 is 45.5 Å². The highest BCUT2D eigenvalue weighted by Crippen LogP contribution is 2.16. The van der Waals surface area contributed by atoms with Gasteiger partial charge in [-0.05, 0) is 52.2 Å². The van der Waals surface area contributed by atoms with Gasteiger partial charge in [0.05, 0.1) is 17.0 Å². The monoisotopic (exact) mass is 479 g/mol. The molecule has 7 heteroatoms. The number of halogens is 1. The van der Waals surface area contributed by atoms with Crippen molar-refractivity contribution in [3.63, 3.8) is 0 Å². The molecule has 1 saturated heterocycles. The zero-order valence-electron chi connectivity index (χ0n) is 15.4. The molecule has 25 heavy (non-hydrogen) atoms. The van der Waals surface area contributed by atoms with E-state index in [9.17, 15) is 8.42 Å². The molecule has 1 heterocycles. The number of nitrogens with one attached hydrogen (secondary N) is 1. The van der Waals surface area contributed by atoms with Crippen LogP contribution in [0.4, 0.5) is 5.69 Å². The summed E-state index contributed by atoms with van der Waals surface area (Å²) in [5.41, 5.74) is 0.973. The number of anilines is 1. The number of benzene rings is 1. The van der Waals surface area contributed by atoms with Gasteiger partial charge in [-0.25, -0.2) is 8.42 Å². The lowest BCUT2D eigenvalue weighted by atomic mass is 10.1. The third-order valence-corrected chi connectivity index (χ3v) is 6.83. The van der Waals surface area contributed by atoms with Crippen molar-refractivity contribution in [3.05, 3.63) is 30.3 Å². The summed E-state index contributed by atoms with van der Waals surface area (Å²) in [5, 5.41) is 3.35. The van der Waals surface area contributed by atoms with E-state index in [1.807, 2.05) is 30.3 Å². The molecule has 0 spiro atoms. The summed E-state index contributed by atoms with van der Waals surface area (Å²) in [5.74, 6) is 0.856. The van der Waals surface area contributed by atoms with E-state index in [0.29, 0.717) is 0 Å². The first-order valence-electron chi connectivity index (χ1n) is 8.63. The second-order valence-corrected chi connectivity index (χ2v) is 10.0. The molecule has 1 aromatic carbocycles. The van der Waals surface area contributed by atoms with Crippen LogP contribution in [0.1, 0.15) is 40.0 Å². The molecule has 1 aliphatic rings. The Hall–Kier alpha value is -0.830. The largest absolute Gasteiger partial charge is 0.343 e. The van der Waals surface area contributed by atoms with Gasteiger partial charge in [0.2, 0.25) is 0 Å². The Labute approximate surface area is 169 Å². The van der Waals surface area contributed by atoms with Crippen molar-refractivity contribution in [2.24, 2.45) is 4.99 Å². The first-order chi connectivity index (χ1) is 11.3. The first-order valence-corrected chi connectivity index (χ1v) is 10.3. The second kappa shape index (κ2) is 9.75. The first kappa shape index (κ1) is 22.2. The summed E-state index contributed by atoms with van der Waals surface area (Å²) in [6.45, 7) is 7.42. The number of para-hydroxylation sites is 1. The normalized spacial score (nSPS) is 16.3. The quantitative estimate of drug-likeness (QED) is 0.406. The summed E-state index contributed by atoms with van der Waals surface area (Å²) < 4.78 is 23.8. The number of rotatable bonds is 4. The highest BCUT2D eigenvalue weighted by atomic mass is 127. The van der Waals surface area contributed by atoms with Crippen LogP contribution >= 0.6 is 24.0 Å². The minimum Gasteiger partial charge on any atom is -0.343 e. The van der Waals surface area contributed by atoms with E-state index in [-0.39, 0.29) is 36.3 Å². The average molecular weight is 479 g/mol. The Kier molecular flexibility index (Phi) is 8.67. The third-order valence-electron chi connectivity index (χ3n) is 4.24. The molecule has 0 atom stereocenters. The lowest BCUT2D eigenvalue weighted by Crippen LogP contribution is -2.40. The van der Waals surface area contributed by atoms with Crippen LogP contribution in [0, 0.1) is 0 Å². The molecule has 1 aromatic rings. The van der Waals surface area contributed by atoms with E-state index < -0.39 is 14.6 Å². The number of hydrogen-bond acceptors (Lipinski definition) is 3. The van der Waals surface area contributed by atoms with E-state index in [1.54, 1.807) is 20.8 Å². The standard InChI is InChI=1S/C18H29N3O2S.HI/c1-18(2,3)24(22,23)15-12-19-17(21-13-8-5-9-14-21)20-16-10-6-4-7-11-16;/h4,6-7,10-11H,5,8-9,12-15H2,1-3H3,(H,19,20);1H. The third kappa shape index (κ3) is 6.77.